The summed E-state index contributed by atoms with van der Waals surface area (Å²) in [5, 5.41) is 4.06. The number of nitrogens with one attached hydrogen (secondary N) is 1. The third kappa shape index (κ3) is 5.04. The Labute approximate surface area is 159 Å². The van der Waals surface area contributed by atoms with Crippen molar-refractivity contribution in [1.82, 2.24) is 5.32 Å². The number of rotatable bonds is 5. The number of hydrogen-bond acceptors (Lipinski definition) is 3. The minimum absolute atomic E-state index is 0. The summed E-state index contributed by atoms with van der Waals surface area (Å²) in [7, 11) is 0. The molecule has 0 aliphatic heterocycles. The van der Waals surface area contributed by atoms with Gasteiger partial charge in [-0.2, -0.15) is 0 Å². The zero-order valence-electron chi connectivity index (χ0n) is 13.7. The summed E-state index contributed by atoms with van der Waals surface area (Å²) < 4.78 is 0. The molecule has 0 radical (unpaired) electrons. The molecule has 2 aliphatic carbocycles. The molecular formula is C18H26Cl2N2OS. The van der Waals surface area contributed by atoms with Gasteiger partial charge in [-0.25, -0.2) is 0 Å². The molecule has 1 aromatic rings. The Morgan fingerprint density at radius 3 is 2.58 bits per heavy atom. The second-order valence-corrected chi connectivity index (χ2v) is 8.35. The van der Waals surface area contributed by atoms with Crippen LogP contribution in [0.25, 0.3) is 0 Å². The topological polar surface area (TPSA) is 55.1 Å². The van der Waals surface area contributed by atoms with E-state index < -0.39 is 0 Å². The third-order valence-corrected chi connectivity index (χ3v) is 6.64. The quantitative estimate of drug-likeness (QED) is 0.740. The molecule has 2 fully saturated rings. The van der Waals surface area contributed by atoms with Gasteiger partial charge in [0, 0.05) is 29.2 Å². The second kappa shape index (κ2) is 9.33. The van der Waals surface area contributed by atoms with Crippen molar-refractivity contribution >= 4 is 41.7 Å². The van der Waals surface area contributed by atoms with Crippen LogP contribution in [0.15, 0.2) is 29.2 Å². The molecule has 2 aliphatic rings. The molecule has 0 saturated heterocycles. The van der Waals surface area contributed by atoms with Gasteiger partial charge in [0.1, 0.15) is 0 Å². The fourth-order valence-electron chi connectivity index (χ4n) is 4.10. The van der Waals surface area contributed by atoms with Crippen LogP contribution < -0.4 is 11.1 Å². The van der Waals surface area contributed by atoms with E-state index in [1.165, 1.54) is 19.3 Å². The first-order valence-electron chi connectivity index (χ1n) is 8.55. The monoisotopic (exact) mass is 388 g/mol. The van der Waals surface area contributed by atoms with Gasteiger partial charge in [0.2, 0.25) is 5.91 Å². The van der Waals surface area contributed by atoms with Crippen molar-refractivity contribution in [3.8, 4) is 0 Å². The number of amides is 1. The average Bonchev–Trinajstić information content (AvgIpc) is 2.50. The van der Waals surface area contributed by atoms with Crippen LogP contribution in [0, 0.1) is 11.8 Å². The van der Waals surface area contributed by atoms with Crippen molar-refractivity contribution in [2.45, 2.75) is 55.5 Å². The van der Waals surface area contributed by atoms with E-state index in [0.717, 1.165) is 28.5 Å². The lowest BCUT2D eigenvalue weighted by atomic mass is 9.67. The predicted molar refractivity (Wildman–Crippen MR) is 104 cm³/mol. The molecular weight excluding hydrogens is 363 g/mol. The summed E-state index contributed by atoms with van der Waals surface area (Å²) in [6, 6.07) is 8.45. The Bertz CT molecular complexity index is 544. The fourth-order valence-corrected chi connectivity index (χ4v) is 5.29. The Hall–Kier alpha value is -0.420. The van der Waals surface area contributed by atoms with Crippen molar-refractivity contribution in [2.24, 2.45) is 17.6 Å². The van der Waals surface area contributed by atoms with Gasteiger partial charge in [-0.1, -0.05) is 30.2 Å². The number of hydrogen-bond donors (Lipinski definition) is 2. The molecule has 0 heterocycles. The molecule has 0 aromatic heterocycles. The minimum atomic E-state index is 0. The van der Waals surface area contributed by atoms with Gasteiger partial charge in [-0.3, -0.25) is 4.79 Å². The summed E-state index contributed by atoms with van der Waals surface area (Å²) in [6.45, 7) is 0. The van der Waals surface area contributed by atoms with Gasteiger partial charge in [0.15, 0.2) is 0 Å². The number of nitrogens with two attached hydrogens (primary N) is 1. The molecule has 1 aromatic carbocycles. The van der Waals surface area contributed by atoms with E-state index in [4.69, 9.17) is 17.3 Å². The molecule has 134 valence electrons. The summed E-state index contributed by atoms with van der Waals surface area (Å²) in [6.07, 6.45) is 6.38. The van der Waals surface area contributed by atoms with Gasteiger partial charge in [-0.15, -0.1) is 24.2 Å². The van der Waals surface area contributed by atoms with Gasteiger partial charge in [0.25, 0.3) is 0 Å². The summed E-state index contributed by atoms with van der Waals surface area (Å²) in [5.41, 5.74) is 6.15. The highest BCUT2D eigenvalue weighted by Gasteiger charge is 2.39. The number of carbonyl (C=O) groups is 1. The molecule has 2 bridgehead atoms. The van der Waals surface area contributed by atoms with Crippen LogP contribution in [0.3, 0.4) is 0 Å². The molecule has 3 N–H and O–H groups in total. The van der Waals surface area contributed by atoms with E-state index in [-0.39, 0.29) is 18.3 Å². The standard InChI is InChI=1S/C18H25ClN2OS.ClH/c19-15-6-1-2-7-16(15)23-9-8-17(22)21-18-12-4-3-5-13(18)11-14(20)10-12;/h1-2,6-7,12-14,18H,3-5,8-11,20H2,(H,21,22);1H. The van der Waals surface area contributed by atoms with Crippen LogP contribution in [0.1, 0.15) is 38.5 Å². The highest BCUT2D eigenvalue weighted by molar-refractivity contribution is 7.99. The molecule has 24 heavy (non-hydrogen) atoms. The summed E-state index contributed by atoms with van der Waals surface area (Å²) >= 11 is 7.79. The minimum Gasteiger partial charge on any atom is -0.353 e. The van der Waals surface area contributed by atoms with Crippen LogP contribution in [-0.4, -0.2) is 23.7 Å². The van der Waals surface area contributed by atoms with Gasteiger partial charge >= 0.3 is 0 Å². The lowest BCUT2D eigenvalue weighted by Gasteiger charge is -2.45. The predicted octanol–water partition coefficient (Wildman–Crippen LogP) is 4.27. The van der Waals surface area contributed by atoms with Crippen molar-refractivity contribution < 1.29 is 4.79 Å². The molecule has 2 atom stereocenters. The average molecular weight is 389 g/mol. The first kappa shape index (κ1) is 19.9. The summed E-state index contributed by atoms with van der Waals surface area (Å²) in [4.78, 5) is 13.4. The van der Waals surface area contributed by atoms with Gasteiger partial charge in [0.05, 0.1) is 5.02 Å². The van der Waals surface area contributed by atoms with Gasteiger partial charge < -0.3 is 11.1 Å². The lowest BCUT2D eigenvalue weighted by Crippen LogP contribution is -2.53. The summed E-state index contributed by atoms with van der Waals surface area (Å²) in [5.74, 6) is 2.09. The largest absolute Gasteiger partial charge is 0.353 e. The zero-order chi connectivity index (χ0) is 16.2. The Kier molecular flexibility index (Phi) is 7.73. The lowest BCUT2D eigenvalue weighted by molar-refractivity contribution is -0.123. The smallest absolute Gasteiger partial charge is 0.221 e. The maximum absolute atomic E-state index is 12.3. The Morgan fingerprint density at radius 1 is 1.25 bits per heavy atom. The van der Waals surface area contributed by atoms with Crippen molar-refractivity contribution in [3.05, 3.63) is 29.3 Å². The number of fused-ring (bicyclic) bond motifs is 2. The maximum Gasteiger partial charge on any atom is 0.221 e. The zero-order valence-corrected chi connectivity index (χ0v) is 16.1. The van der Waals surface area contributed by atoms with Crippen molar-refractivity contribution in [2.75, 3.05) is 5.75 Å². The third-order valence-electron chi connectivity index (χ3n) is 5.13. The van der Waals surface area contributed by atoms with Crippen LogP contribution in [0.2, 0.25) is 5.02 Å². The van der Waals surface area contributed by atoms with E-state index in [9.17, 15) is 4.79 Å². The molecule has 3 rings (SSSR count). The van der Waals surface area contributed by atoms with E-state index in [1.54, 1.807) is 11.8 Å². The normalized spacial score (nSPS) is 28.8. The number of thioether (sulfide) groups is 1. The molecule has 3 nitrogen and oxygen atoms in total. The molecule has 6 heteroatoms. The van der Waals surface area contributed by atoms with Gasteiger partial charge in [-0.05, 0) is 49.7 Å². The van der Waals surface area contributed by atoms with E-state index >= 15 is 0 Å². The van der Waals surface area contributed by atoms with E-state index in [1.807, 2.05) is 24.3 Å². The maximum atomic E-state index is 12.3. The molecule has 0 spiro atoms. The number of benzene rings is 1. The van der Waals surface area contributed by atoms with Crippen LogP contribution in [0.5, 0.6) is 0 Å². The molecule has 1 amide bonds. The van der Waals surface area contributed by atoms with Crippen molar-refractivity contribution in [3.63, 3.8) is 0 Å². The van der Waals surface area contributed by atoms with Crippen LogP contribution in [-0.2, 0) is 4.79 Å². The molecule has 2 saturated carbocycles. The van der Waals surface area contributed by atoms with E-state index in [0.29, 0.717) is 30.3 Å². The highest BCUT2D eigenvalue weighted by atomic mass is 35.5. The van der Waals surface area contributed by atoms with Crippen molar-refractivity contribution in [1.29, 1.82) is 0 Å². The number of carbonyl (C=O) groups excluding carboxylic acids is 1. The number of halogens is 2. The first-order valence-corrected chi connectivity index (χ1v) is 9.92. The van der Waals surface area contributed by atoms with E-state index in [2.05, 4.69) is 5.32 Å². The highest BCUT2D eigenvalue weighted by Crippen LogP contribution is 2.39. The second-order valence-electron chi connectivity index (χ2n) is 6.80. The van der Waals surface area contributed by atoms with Crippen LogP contribution in [0.4, 0.5) is 0 Å². The SMILES string of the molecule is Cl.NC1CC2CCCC(C1)C2NC(=O)CCSc1ccccc1Cl. The molecule has 2 unspecified atom stereocenters. The first-order chi connectivity index (χ1) is 11.1. The van der Waals surface area contributed by atoms with Crippen LogP contribution >= 0.6 is 35.8 Å². The Balaban J connectivity index is 0.00000208. The fraction of sp³-hybridized carbons (Fsp3) is 0.611. The Morgan fingerprint density at radius 2 is 1.92 bits per heavy atom.